The Morgan fingerprint density at radius 3 is 2.54 bits per heavy atom. The molecule has 1 aliphatic rings. The molecule has 0 spiro atoms. The molecule has 0 aliphatic carbocycles. The summed E-state index contributed by atoms with van der Waals surface area (Å²) in [6.07, 6.45) is 5.57. The number of benzene rings is 1. The van der Waals surface area contributed by atoms with E-state index >= 15 is 0 Å². The van der Waals surface area contributed by atoms with Gasteiger partial charge in [-0.25, -0.2) is 9.97 Å². The molecule has 3 rings (SSSR count). The third kappa shape index (κ3) is 4.71. The van der Waals surface area contributed by atoms with Crippen LogP contribution in [0.5, 0.6) is 5.75 Å². The molecule has 6 heteroatoms. The molecule has 1 saturated heterocycles. The Labute approximate surface area is 154 Å². The van der Waals surface area contributed by atoms with Crippen LogP contribution in [-0.2, 0) is 0 Å². The lowest BCUT2D eigenvalue weighted by molar-refractivity contribution is 0.0682. The summed E-state index contributed by atoms with van der Waals surface area (Å²) in [5, 5.41) is 3.13. The quantitative estimate of drug-likeness (QED) is 0.882. The number of nitrogens with zero attached hydrogens (tertiary/aromatic N) is 3. The topological polar surface area (TPSA) is 67.4 Å². The molecule has 1 fully saturated rings. The van der Waals surface area contributed by atoms with Crippen LogP contribution in [-0.4, -0.2) is 40.0 Å². The summed E-state index contributed by atoms with van der Waals surface area (Å²) in [4.78, 5) is 23.0. The van der Waals surface area contributed by atoms with Gasteiger partial charge in [0.05, 0.1) is 11.7 Å². The van der Waals surface area contributed by atoms with E-state index < -0.39 is 0 Å². The average Bonchev–Trinajstić information content (AvgIpc) is 2.63. The highest BCUT2D eigenvalue weighted by Gasteiger charge is 2.22. The molecule has 1 atom stereocenters. The van der Waals surface area contributed by atoms with Crippen molar-refractivity contribution in [3.05, 3.63) is 42.2 Å². The number of amides is 1. The zero-order valence-corrected chi connectivity index (χ0v) is 15.6. The Bertz CT molecular complexity index is 728. The summed E-state index contributed by atoms with van der Waals surface area (Å²) < 4.78 is 5.63. The van der Waals surface area contributed by atoms with Gasteiger partial charge in [-0.15, -0.1) is 0 Å². The van der Waals surface area contributed by atoms with E-state index in [1.165, 1.54) is 6.42 Å². The van der Waals surface area contributed by atoms with E-state index in [1.807, 2.05) is 43.0 Å². The van der Waals surface area contributed by atoms with Gasteiger partial charge < -0.3 is 15.0 Å². The zero-order valence-electron chi connectivity index (χ0n) is 15.6. The third-order valence-corrected chi connectivity index (χ3v) is 4.33. The largest absolute Gasteiger partial charge is 0.491 e. The number of piperidine rings is 1. The van der Waals surface area contributed by atoms with Crippen LogP contribution in [0.1, 0.15) is 44.0 Å². The second-order valence-electron chi connectivity index (χ2n) is 7.11. The summed E-state index contributed by atoms with van der Waals surface area (Å²) >= 11 is 0. The first-order chi connectivity index (χ1) is 12.5. The molecule has 1 amide bonds. The summed E-state index contributed by atoms with van der Waals surface area (Å²) in [5.41, 5.74) is 1.40. The fourth-order valence-electron chi connectivity index (χ4n) is 3.08. The minimum Gasteiger partial charge on any atom is -0.491 e. The molecule has 1 aromatic heterocycles. The number of aromatic nitrogens is 2. The number of carbonyl (C=O) groups is 1. The van der Waals surface area contributed by atoms with Crippen molar-refractivity contribution < 1.29 is 9.53 Å². The van der Waals surface area contributed by atoms with Gasteiger partial charge in [0.1, 0.15) is 5.75 Å². The van der Waals surface area contributed by atoms with Gasteiger partial charge in [0.25, 0.3) is 5.91 Å². The second kappa shape index (κ2) is 8.17. The van der Waals surface area contributed by atoms with E-state index in [0.717, 1.165) is 30.9 Å². The first kappa shape index (κ1) is 18.2. The number of likely N-dealkylation sites (tertiary alicyclic amines) is 1. The lowest BCUT2D eigenvalue weighted by atomic mass is 10.00. The fraction of sp³-hybridized carbons (Fsp3) is 0.450. The molecule has 0 radical (unpaired) electrons. The maximum atomic E-state index is 12.6. The molecule has 2 aromatic rings. The van der Waals surface area contributed by atoms with Crippen LogP contribution in [0.4, 0.5) is 11.6 Å². The van der Waals surface area contributed by atoms with E-state index in [9.17, 15) is 4.79 Å². The average molecular weight is 354 g/mol. The fourth-order valence-corrected chi connectivity index (χ4v) is 3.08. The Hall–Kier alpha value is -2.63. The predicted octanol–water partition coefficient (Wildman–Crippen LogP) is 3.88. The lowest BCUT2D eigenvalue weighted by Gasteiger charge is -2.30. The van der Waals surface area contributed by atoms with Gasteiger partial charge in [-0.3, -0.25) is 4.79 Å². The second-order valence-corrected chi connectivity index (χ2v) is 7.11. The molecule has 6 nitrogen and oxygen atoms in total. The smallest absolute Gasteiger partial charge is 0.257 e. The van der Waals surface area contributed by atoms with E-state index in [0.29, 0.717) is 17.4 Å². The van der Waals surface area contributed by atoms with Gasteiger partial charge in [-0.2, -0.15) is 0 Å². The summed E-state index contributed by atoms with van der Waals surface area (Å²) in [6.45, 7) is 7.79. The SMILES string of the molecule is CC1CCCN(C(=O)c2cnc(Nc3ccc(OC(C)C)cc3)nc2)C1. The molecular formula is C20H26N4O2. The van der Waals surface area contributed by atoms with Gasteiger partial charge in [-0.05, 0) is 56.9 Å². The Morgan fingerprint density at radius 2 is 1.92 bits per heavy atom. The number of carbonyl (C=O) groups excluding carboxylic acids is 1. The van der Waals surface area contributed by atoms with Gasteiger partial charge in [0.15, 0.2) is 0 Å². The van der Waals surface area contributed by atoms with Gasteiger partial charge >= 0.3 is 0 Å². The normalized spacial score (nSPS) is 17.2. The van der Waals surface area contributed by atoms with Crippen LogP contribution in [0, 0.1) is 5.92 Å². The molecule has 1 unspecified atom stereocenters. The highest BCUT2D eigenvalue weighted by atomic mass is 16.5. The van der Waals surface area contributed by atoms with Crippen molar-refractivity contribution in [3.8, 4) is 5.75 Å². The molecule has 138 valence electrons. The van der Waals surface area contributed by atoms with Gasteiger partial charge in [0, 0.05) is 31.2 Å². The maximum Gasteiger partial charge on any atom is 0.257 e. The summed E-state index contributed by atoms with van der Waals surface area (Å²) in [6, 6.07) is 7.63. The summed E-state index contributed by atoms with van der Waals surface area (Å²) in [7, 11) is 0. The molecule has 26 heavy (non-hydrogen) atoms. The van der Waals surface area contributed by atoms with Crippen LogP contribution in [0.15, 0.2) is 36.7 Å². The van der Waals surface area contributed by atoms with Crippen molar-refractivity contribution in [1.82, 2.24) is 14.9 Å². The van der Waals surface area contributed by atoms with Crippen molar-refractivity contribution >= 4 is 17.5 Å². The molecule has 0 bridgehead atoms. The van der Waals surface area contributed by atoms with E-state index in [1.54, 1.807) is 12.4 Å². The minimum atomic E-state index is 0.0123. The maximum absolute atomic E-state index is 12.6. The van der Waals surface area contributed by atoms with Crippen LogP contribution in [0.25, 0.3) is 0 Å². The highest BCUT2D eigenvalue weighted by molar-refractivity contribution is 5.93. The van der Waals surface area contributed by atoms with Crippen molar-refractivity contribution in [2.45, 2.75) is 39.7 Å². The van der Waals surface area contributed by atoms with Crippen molar-refractivity contribution in [3.63, 3.8) is 0 Å². The van der Waals surface area contributed by atoms with Gasteiger partial charge in [-0.1, -0.05) is 6.92 Å². The molecule has 0 saturated carbocycles. The van der Waals surface area contributed by atoms with Crippen molar-refractivity contribution in [1.29, 1.82) is 0 Å². The Balaban J connectivity index is 1.61. The first-order valence-corrected chi connectivity index (χ1v) is 9.16. The van der Waals surface area contributed by atoms with E-state index in [-0.39, 0.29) is 12.0 Å². The van der Waals surface area contributed by atoms with E-state index in [4.69, 9.17) is 4.74 Å². The zero-order chi connectivity index (χ0) is 18.5. The highest BCUT2D eigenvalue weighted by Crippen LogP contribution is 2.20. The predicted molar refractivity (Wildman–Crippen MR) is 102 cm³/mol. The number of rotatable bonds is 5. The molecule has 2 heterocycles. The van der Waals surface area contributed by atoms with Gasteiger partial charge in [0.2, 0.25) is 5.95 Å². The lowest BCUT2D eigenvalue weighted by Crippen LogP contribution is -2.39. The monoisotopic (exact) mass is 354 g/mol. The molecule has 1 N–H and O–H groups in total. The molecular weight excluding hydrogens is 328 g/mol. The Morgan fingerprint density at radius 1 is 1.23 bits per heavy atom. The van der Waals surface area contributed by atoms with Crippen molar-refractivity contribution in [2.24, 2.45) is 5.92 Å². The van der Waals surface area contributed by atoms with Crippen LogP contribution >= 0.6 is 0 Å². The number of hydrogen-bond acceptors (Lipinski definition) is 5. The number of ether oxygens (including phenoxy) is 1. The number of hydrogen-bond donors (Lipinski definition) is 1. The van der Waals surface area contributed by atoms with E-state index in [2.05, 4.69) is 22.2 Å². The number of nitrogens with one attached hydrogen (secondary N) is 1. The van der Waals surface area contributed by atoms with Crippen molar-refractivity contribution in [2.75, 3.05) is 18.4 Å². The molecule has 1 aliphatic heterocycles. The number of anilines is 2. The van der Waals surface area contributed by atoms with Crippen LogP contribution < -0.4 is 10.1 Å². The minimum absolute atomic E-state index is 0.0123. The first-order valence-electron chi connectivity index (χ1n) is 9.16. The van der Waals surface area contributed by atoms with Crippen LogP contribution in [0.2, 0.25) is 0 Å². The summed E-state index contributed by atoms with van der Waals surface area (Å²) in [5.74, 6) is 1.85. The third-order valence-electron chi connectivity index (χ3n) is 4.33. The molecule has 1 aromatic carbocycles. The Kier molecular flexibility index (Phi) is 5.71. The van der Waals surface area contributed by atoms with Crippen LogP contribution in [0.3, 0.4) is 0 Å². The standard InChI is InChI=1S/C20H26N4O2/c1-14(2)26-18-8-6-17(7-9-18)23-20-21-11-16(12-22-20)19(25)24-10-4-5-15(3)13-24/h6-9,11-12,14-15H,4-5,10,13H2,1-3H3,(H,21,22,23).